The third kappa shape index (κ3) is 3.97. The largest absolute Gasteiger partial charge is 0.465 e. The number of rotatable bonds is 6. The molecule has 0 spiro atoms. The van der Waals surface area contributed by atoms with Gasteiger partial charge in [0.05, 0.1) is 12.5 Å². The molecule has 5 fully saturated rings. The molecule has 0 amide bonds. The molecule has 10 heteroatoms. The second-order valence-corrected chi connectivity index (χ2v) is 11.4. The molecule has 7 nitrogen and oxygen atoms in total. The zero-order valence-electron chi connectivity index (χ0n) is 16.8. The summed E-state index contributed by atoms with van der Waals surface area (Å²) in [6, 6.07) is 0. The predicted molar refractivity (Wildman–Crippen MR) is 100.0 cm³/mol. The van der Waals surface area contributed by atoms with Crippen LogP contribution in [0.4, 0.5) is 8.78 Å². The Kier molecular flexibility index (Phi) is 5.40. The fraction of sp³-hybridized carbons (Fsp3) is 0.900. The molecular weight excluding hydrogens is 422 g/mol. The maximum absolute atomic E-state index is 13.6. The van der Waals surface area contributed by atoms with E-state index in [9.17, 15) is 26.8 Å². The Labute approximate surface area is 174 Å². The number of carbonyl (C=O) groups excluding carboxylic acids is 2. The Balaban J connectivity index is 1.46. The summed E-state index contributed by atoms with van der Waals surface area (Å²) in [6.45, 7) is -0.368. The van der Waals surface area contributed by atoms with Crippen LogP contribution in [0.5, 0.6) is 0 Å². The average Bonchev–Trinajstić information content (AvgIpc) is 2.64. The number of esters is 2. The maximum Gasteiger partial charge on any atom is 0.465 e. The summed E-state index contributed by atoms with van der Waals surface area (Å²) >= 11 is 0. The van der Waals surface area contributed by atoms with E-state index in [-0.39, 0.29) is 30.3 Å². The van der Waals surface area contributed by atoms with E-state index in [0.29, 0.717) is 19.3 Å². The highest BCUT2D eigenvalue weighted by atomic mass is 32.2. The molecule has 170 valence electrons. The molecule has 2 atom stereocenters. The van der Waals surface area contributed by atoms with E-state index in [2.05, 4.69) is 0 Å². The van der Waals surface area contributed by atoms with Gasteiger partial charge in [0, 0.05) is 5.41 Å². The van der Waals surface area contributed by atoms with Gasteiger partial charge in [-0.3, -0.25) is 9.35 Å². The highest BCUT2D eigenvalue weighted by molar-refractivity contribution is 7.87. The van der Waals surface area contributed by atoms with Crippen LogP contribution in [0.15, 0.2) is 0 Å². The molecule has 0 aromatic heterocycles. The first-order valence-corrected chi connectivity index (χ1v) is 12.1. The zero-order valence-corrected chi connectivity index (χ0v) is 17.6. The van der Waals surface area contributed by atoms with Gasteiger partial charge >= 0.3 is 27.3 Å². The third-order valence-electron chi connectivity index (χ3n) is 7.46. The van der Waals surface area contributed by atoms with Crippen LogP contribution in [0.3, 0.4) is 0 Å². The van der Waals surface area contributed by atoms with E-state index in [1.165, 1.54) is 0 Å². The van der Waals surface area contributed by atoms with Gasteiger partial charge in [-0.1, -0.05) is 19.3 Å². The average molecular weight is 451 g/mol. The van der Waals surface area contributed by atoms with Crippen molar-refractivity contribution in [3.8, 4) is 0 Å². The lowest BCUT2D eigenvalue weighted by Gasteiger charge is -2.61. The summed E-state index contributed by atoms with van der Waals surface area (Å²) in [5.74, 6) is -2.03. The summed E-state index contributed by atoms with van der Waals surface area (Å²) in [7, 11) is -5.90. The van der Waals surface area contributed by atoms with Crippen LogP contribution in [0.2, 0.25) is 0 Å². The first-order chi connectivity index (χ1) is 13.9. The first kappa shape index (κ1) is 21.9. The first-order valence-electron chi connectivity index (χ1n) is 10.7. The number of carbonyl (C=O) groups is 2. The van der Waals surface area contributed by atoms with Gasteiger partial charge in [-0.05, 0) is 63.2 Å². The Morgan fingerprint density at radius 3 is 2.20 bits per heavy atom. The molecule has 5 saturated carbocycles. The monoisotopic (exact) mass is 450 g/mol. The van der Waals surface area contributed by atoms with Gasteiger partial charge in [0.25, 0.3) is 0 Å². The summed E-state index contributed by atoms with van der Waals surface area (Å²) in [6.07, 6.45) is 9.01. The molecule has 5 aliphatic carbocycles. The van der Waals surface area contributed by atoms with E-state index in [4.69, 9.17) is 14.0 Å². The highest BCUT2D eigenvalue weighted by Crippen LogP contribution is 2.63. The van der Waals surface area contributed by atoms with Crippen LogP contribution in [0.1, 0.15) is 70.6 Å². The molecule has 4 bridgehead atoms. The van der Waals surface area contributed by atoms with Crippen LogP contribution in [0.25, 0.3) is 0 Å². The number of hydrogen-bond donors (Lipinski definition) is 1. The third-order valence-corrected chi connectivity index (χ3v) is 8.27. The molecule has 5 rings (SSSR count). The number of halogens is 2. The van der Waals surface area contributed by atoms with Crippen LogP contribution in [0, 0.1) is 23.2 Å². The minimum atomic E-state index is -5.90. The van der Waals surface area contributed by atoms with Crippen molar-refractivity contribution in [2.45, 2.75) is 81.5 Å². The van der Waals surface area contributed by atoms with Gasteiger partial charge in [-0.2, -0.15) is 17.2 Å². The molecule has 0 saturated heterocycles. The number of alkyl halides is 2. The van der Waals surface area contributed by atoms with Crippen LogP contribution in [-0.4, -0.2) is 42.4 Å². The van der Waals surface area contributed by atoms with E-state index >= 15 is 0 Å². The van der Waals surface area contributed by atoms with Crippen molar-refractivity contribution >= 4 is 22.1 Å². The second-order valence-electron chi connectivity index (χ2n) is 9.97. The van der Waals surface area contributed by atoms with Gasteiger partial charge in [0.15, 0.2) is 0 Å². The Morgan fingerprint density at radius 2 is 1.63 bits per heavy atom. The van der Waals surface area contributed by atoms with Crippen LogP contribution < -0.4 is 0 Å². The maximum atomic E-state index is 13.6. The molecule has 1 N–H and O–H groups in total. The van der Waals surface area contributed by atoms with Crippen molar-refractivity contribution in [1.82, 2.24) is 0 Å². The van der Waals surface area contributed by atoms with Crippen molar-refractivity contribution in [1.29, 1.82) is 0 Å². The smallest absolute Gasteiger partial charge is 0.460 e. The lowest BCUT2D eigenvalue weighted by atomic mass is 9.48. The SMILES string of the molecule is O=C(OC12CC3CC(CC(COC(=O)C(F)(F)S(=O)(=O)O)(C3)C1)C2)C1CCCCC1. The fourth-order valence-corrected chi connectivity index (χ4v) is 6.97. The number of ether oxygens (including phenoxy) is 2. The molecule has 0 aliphatic heterocycles. The molecule has 0 heterocycles. The van der Waals surface area contributed by atoms with Gasteiger partial charge in [0.2, 0.25) is 0 Å². The van der Waals surface area contributed by atoms with E-state index in [0.717, 1.165) is 51.4 Å². The van der Waals surface area contributed by atoms with Gasteiger partial charge in [-0.25, -0.2) is 4.79 Å². The van der Waals surface area contributed by atoms with Crippen LogP contribution in [-0.2, 0) is 29.2 Å². The molecule has 0 radical (unpaired) electrons. The Hall–Kier alpha value is -1.29. The summed E-state index contributed by atoms with van der Waals surface area (Å²) in [5.41, 5.74) is -1.27. The quantitative estimate of drug-likeness (QED) is 0.488. The minimum absolute atomic E-state index is 0.0889. The molecule has 30 heavy (non-hydrogen) atoms. The molecular formula is C20H28F2O7S. The van der Waals surface area contributed by atoms with E-state index in [1.54, 1.807) is 0 Å². The van der Waals surface area contributed by atoms with Crippen molar-refractivity contribution < 1.29 is 40.8 Å². The van der Waals surface area contributed by atoms with Crippen molar-refractivity contribution in [3.63, 3.8) is 0 Å². The lowest BCUT2D eigenvalue weighted by Crippen LogP contribution is -2.59. The molecule has 0 aromatic carbocycles. The fourth-order valence-electron chi connectivity index (χ4n) is 6.70. The molecule has 0 aromatic rings. The Morgan fingerprint density at radius 1 is 1.03 bits per heavy atom. The standard InChI is InChI=1S/C20H28F2O7S/c21-20(22,30(25,26)27)17(24)28-12-18-7-13-6-14(8-18)10-19(9-13,11-18)29-16(23)15-4-2-1-3-5-15/h13-15H,1-12H2,(H,25,26,27). The van der Waals surface area contributed by atoms with Crippen LogP contribution >= 0.6 is 0 Å². The lowest BCUT2D eigenvalue weighted by molar-refractivity contribution is -0.216. The summed E-state index contributed by atoms with van der Waals surface area (Å²) < 4.78 is 68.1. The topological polar surface area (TPSA) is 107 Å². The van der Waals surface area contributed by atoms with Gasteiger partial charge < -0.3 is 9.47 Å². The zero-order chi connectivity index (χ0) is 21.8. The normalized spacial score (nSPS) is 36.5. The minimum Gasteiger partial charge on any atom is -0.460 e. The van der Waals surface area contributed by atoms with Crippen molar-refractivity contribution in [3.05, 3.63) is 0 Å². The second kappa shape index (κ2) is 7.39. The van der Waals surface area contributed by atoms with E-state index in [1.807, 2.05) is 0 Å². The Bertz CT molecular complexity index is 805. The predicted octanol–water partition coefficient (Wildman–Crippen LogP) is 3.47. The van der Waals surface area contributed by atoms with E-state index < -0.39 is 32.4 Å². The van der Waals surface area contributed by atoms with Gasteiger partial charge in [-0.15, -0.1) is 0 Å². The summed E-state index contributed by atoms with van der Waals surface area (Å²) in [4.78, 5) is 24.5. The van der Waals surface area contributed by atoms with Crippen molar-refractivity contribution in [2.24, 2.45) is 23.2 Å². The highest BCUT2D eigenvalue weighted by Gasteiger charge is 2.61. The van der Waals surface area contributed by atoms with Gasteiger partial charge in [0.1, 0.15) is 5.60 Å². The van der Waals surface area contributed by atoms with Crippen molar-refractivity contribution in [2.75, 3.05) is 6.61 Å². The molecule has 5 aliphatic rings. The number of hydrogen-bond acceptors (Lipinski definition) is 6. The summed E-state index contributed by atoms with van der Waals surface area (Å²) in [5, 5.41) is -5.00. The molecule has 2 unspecified atom stereocenters.